The molecule has 2 heterocycles. The Labute approximate surface area is 186 Å². The van der Waals surface area contributed by atoms with E-state index in [-0.39, 0.29) is 18.6 Å². The molecular weight excluding hydrogens is 404 g/mol. The molecule has 2 saturated heterocycles. The Morgan fingerprint density at radius 1 is 0.875 bits per heavy atom. The summed E-state index contributed by atoms with van der Waals surface area (Å²) in [7, 11) is 0. The number of hydrogen-bond acceptors (Lipinski definition) is 4. The molecule has 0 aromatic heterocycles. The highest BCUT2D eigenvalue weighted by Crippen LogP contribution is 2.41. The molecule has 5 rings (SSSR count). The topological polar surface area (TPSA) is 70.1 Å². The van der Waals surface area contributed by atoms with Crippen LogP contribution in [-0.2, 0) is 16.1 Å². The number of hydrogen-bond donors (Lipinski definition) is 1. The fourth-order valence-electron chi connectivity index (χ4n) is 4.66. The largest absolute Gasteiger partial charge is 0.447 e. The maximum Gasteiger partial charge on any atom is 0.411 e. The van der Waals surface area contributed by atoms with Gasteiger partial charge < -0.3 is 14.7 Å². The molecule has 2 aliphatic heterocycles. The van der Waals surface area contributed by atoms with Crippen molar-refractivity contribution in [1.29, 1.82) is 0 Å². The molecule has 0 unspecified atom stereocenters. The lowest BCUT2D eigenvalue weighted by molar-refractivity contribution is -0.168. The molecule has 1 N–H and O–H groups in total. The van der Waals surface area contributed by atoms with Crippen LogP contribution in [0, 0.1) is 0 Å². The second-order valence-electron chi connectivity index (χ2n) is 8.15. The van der Waals surface area contributed by atoms with Crippen LogP contribution in [0.5, 0.6) is 0 Å². The molecule has 4 atom stereocenters. The number of β-lactam (4-membered cyclic amide) rings is 1. The van der Waals surface area contributed by atoms with Crippen LogP contribution in [0.15, 0.2) is 91.0 Å². The van der Waals surface area contributed by atoms with Crippen LogP contribution in [0.25, 0.3) is 0 Å². The fraction of sp³-hybridized carbons (Fsp3) is 0.231. The van der Waals surface area contributed by atoms with Gasteiger partial charge in [0.25, 0.3) is 0 Å². The predicted octanol–water partition coefficient (Wildman–Crippen LogP) is 3.69. The molecule has 2 aliphatic rings. The smallest absolute Gasteiger partial charge is 0.411 e. The normalized spacial score (nSPS) is 23.6. The van der Waals surface area contributed by atoms with E-state index in [2.05, 4.69) is 0 Å². The molecule has 0 radical (unpaired) electrons. The first kappa shape index (κ1) is 20.3. The van der Waals surface area contributed by atoms with Gasteiger partial charge in [0.15, 0.2) is 0 Å². The summed E-state index contributed by atoms with van der Waals surface area (Å²) < 4.78 is 5.36. The molecule has 0 bridgehead atoms. The average molecular weight is 428 g/mol. The first-order valence-electron chi connectivity index (χ1n) is 10.7. The van der Waals surface area contributed by atoms with E-state index in [1.54, 1.807) is 4.90 Å². The van der Waals surface area contributed by atoms with Crippen molar-refractivity contribution in [3.63, 3.8) is 0 Å². The van der Waals surface area contributed by atoms with Crippen LogP contribution in [-0.4, -0.2) is 45.6 Å². The number of ether oxygens (including phenoxy) is 1. The highest BCUT2D eigenvalue weighted by Gasteiger charge is 2.58. The first-order chi connectivity index (χ1) is 15.6. The lowest BCUT2D eigenvalue weighted by Gasteiger charge is -2.52. The molecule has 3 aromatic carbocycles. The van der Waals surface area contributed by atoms with Gasteiger partial charge in [0.05, 0.1) is 12.1 Å². The minimum atomic E-state index is -0.938. The van der Waals surface area contributed by atoms with E-state index in [9.17, 15) is 14.7 Å². The summed E-state index contributed by atoms with van der Waals surface area (Å²) in [6, 6.07) is 26.7. The molecule has 3 aromatic rings. The molecule has 162 valence electrons. The van der Waals surface area contributed by atoms with E-state index >= 15 is 0 Å². The van der Waals surface area contributed by atoms with Crippen molar-refractivity contribution < 1.29 is 19.4 Å². The second kappa shape index (κ2) is 8.48. The number of likely N-dealkylation sites (tertiary alicyclic amines) is 1. The number of aliphatic hydroxyl groups is 1. The zero-order valence-electron chi connectivity index (χ0n) is 17.5. The number of amides is 2. The molecule has 6 heteroatoms. The van der Waals surface area contributed by atoms with E-state index < -0.39 is 24.3 Å². The minimum Gasteiger partial charge on any atom is -0.447 e. The molecular formula is C26H24N2O4. The minimum absolute atomic E-state index is 0.180. The van der Waals surface area contributed by atoms with Crippen molar-refractivity contribution in [2.45, 2.75) is 30.8 Å². The zero-order chi connectivity index (χ0) is 22.1. The molecule has 0 spiro atoms. The van der Waals surface area contributed by atoms with Crippen molar-refractivity contribution in [2.24, 2.45) is 0 Å². The van der Waals surface area contributed by atoms with E-state index in [0.29, 0.717) is 12.1 Å². The van der Waals surface area contributed by atoms with Crippen molar-refractivity contribution in [3.05, 3.63) is 108 Å². The summed E-state index contributed by atoms with van der Waals surface area (Å²) in [5, 5.41) is 11.3. The molecule has 2 amide bonds. The molecule has 32 heavy (non-hydrogen) atoms. The second-order valence-corrected chi connectivity index (χ2v) is 8.15. The third kappa shape index (κ3) is 3.52. The van der Waals surface area contributed by atoms with Crippen LogP contribution in [0.1, 0.15) is 28.8 Å². The number of carbonyl (C=O) groups is 2. The van der Waals surface area contributed by atoms with Gasteiger partial charge in [-0.3, -0.25) is 9.69 Å². The summed E-state index contributed by atoms with van der Waals surface area (Å²) in [6.07, 6.45) is -1.46. The lowest BCUT2D eigenvalue weighted by Crippen LogP contribution is -2.72. The van der Waals surface area contributed by atoms with Gasteiger partial charge in [0, 0.05) is 6.54 Å². The van der Waals surface area contributed by atoms with Gasteiger partial charge in [-0.25, -0.2) is 4.79 Å². The summed E-state index contributed by atoms with van der Waals surface area (Å²) in [5.74, 6) is -0.186. The van der Waals surface area contributed by atoms with Gasteiger partial charge in [-0.1, -0.05) is 91.0 Å². The number of carbonyl (C=O) groups excluding carboxylic acids is 2. The standard InChI is InChI=1S/C26H24N2O4/c29-24(20-14-8-3-9-15-20)22-23(25(30)27(22)16-18-10-4-1-5-11-18)28-21(17-32-26(28)31)19-12-6-2-7-13-19/h1-15,21-24,29H,16-17H2/t21-,22+,23+,24-/m1/s1. The number of rotatable bonds is 6. The van der Waals surface area contributed by atoms with Gasteiger partial charge in [-0.05, 0) is 16.7 Å². The van der Waals surface area contributed by atoms with Gasteiger partial charge in [-0.15, -0.1) is 0 Å². The van der Waals surface area contributed by atoms with Crippen molar-refractivity contribution >= 4 is 12.0 Å². The summed E-state index contributed by atoms with van der Waals surface area (Å²) in [6.45, 7) is 0.545. The van der Waals surface area contributed by atoms with Crippen LogP contribution in [0.4, 0.5) is 4.79 Å². The van der Waals surface area contributed by atoms with Crippen molar-refractivity contribution in [2.75, 3.05) is 6.61 Å². The van der Waals surface area contributed by atoms with E-state index in [4.69, 9.17) is 4.74 Å². The van der Waals surface area contributed by atoms with Crippen molar-refractivity contribution in [1.82, 2.24) is 9.80 Å². The fourth-order valence-corrected chi connectivity index (χ4v) is 4.66. The Bertz CT molecular complexity index is 1090. The summed E-state index contributed by atoms with van der Waals surface area (Å²) in [5.41, 5.74) is 2.57. The van der Waals surface area contributed by atoms with Crippen LogP contribution < -0.4 is 0 Å². The Balaban J connectivity index is 1.49. The van der Waals surface area contributed by atoms with Gasteiger partial charge in [0.1, 0.15) is 18.8 Å². The number of aliphatic hydroxyl groups excluding tert-OH is 1. The molecule has 2 fully saturated rings. The number of benzene rings is 3. The van der Waals surface area contributed by atoms with Crippen LogP contribution in [0.2, 0.25) is 0 Å². The van der Waals surface area contributed by atoms with E-state index in [1.807, 2.05) is 91.0 Å². The third-order valence-electron chi connectivity index (χ3n) is 6.28. The molecule has 6 nitrogen and oxygen atoms in total. The summed E-state index contributed by atoms with van der Waals surface area (Å²) >= 11 is 0. The number of cyclic esters (lactones) is 1. The van der Waals surface area contributed by atoms with Crippen LogP contribution >= 0.6 is 0 Å². The van der Waals surface area contributed by atoms with E-state index in [0.717, 1.165) is 11.1 Å². The summed E-state index contributed by atoms with van der Waals surface area (Å²) in [4.78, 5) is 29.3. The lowest BCUT2D eigenvalue weighted by atomic mass is 9.84. The SMILES string of the molecule is O=C1[C@@H](N2C(=O)OC[C@@H]2c2ccccc2)[C@@H]([C@H](O)c2ccccc2)N1Cc1ccccc1. The average Bonchev–Trinajstić information content (AvgIpc) is 3.22. The highest BCUT2D eigenvalue weighted by molar-refractivity contribution is 5.93. The van der Waals surface area contributed by atoms with Crippen molar-refractivity contribution in [3.8, 4) is 0 Å². The maximum atomic E-state index is 13.4. The van der Waals surface area contributed by atoms with Gasteiger partial charge in [-0.2, -0.15) is 0 Å². The Hall–Kier alpha value is -3.64. The quantitative estimate of drug-likeness (QED) is 0.608. The monoisotopic (exact) mass is 428 g/mol. The van der Waals surface area contributed by atoms with Gasteiger partial charge in [0.2, 0.25) is 5.91 Å². The first-order valence-corrected chi connectivity index (χ1v) is 10.7. The number of nitrogens with zero attached hydrogens (tertiary/aromatic N) is 2. The highest BCUT2D eigenvalue weighted by atomic mass is 16.6. The maximum absolute atomic E-state index is 13.4. The van der Waals surface area contributed by atoms with E-state index in [1.165, 1.54) is 4.90 Å². The molecule has 0 saturated carbocycles. The van der Waals surface area contributed by atoms with Crippen LogP contribution in [0.3, 0.4) is 0 Å². The predicted molar refractivity (Wildman–Crippen MR) is 118 cm³/mol. The third-order valence-corrected chi connectivity index (χ3v) is 6.28. The Morgan fingerprint density at radius 2 is 1.47 bits per heavy atom. The Morgan fingerprint density at radius 3 is 2.12 bits per heavy atom. The van der Waals surface area contributed by atoms with Gasteiger partial charge >= 0.3 is 6.09 Å². The Kier molecular flexibility index (Phi) is 5.37. The zero-order valence-corrected chi connectivity index (χ0v) is 17.5. The molecule has 0 aliphatic carbocycles.